The van der Waals surface area contributed by atoms with Gasteiger partial charge in [-0.3, -0.25) is 4.79 Å². The van der Waals surface area contributed by atoms with Crippen molar-refractivity contribution in [1.29, 1.82) is 0 Å². The van der Waals surface area contributed by atoms with E-state index in [4.69, 9.17) is 9.47 Å². The Kier molecular flexibility index (Phi) is 5.80. The Hall–Kier alpha value is -2.75. The van der Waals surface area contributed by atoms with Gasteiger partial charge in [0.1, 0.15) is 0 Å². The maximum atomic E-state index is 12.0. The Labute approximate surface area is 136 Å². The van der Waals surface area contributed by atoms with E-state index in [0.29, 0.717) is 11.5 Å². The zero-order valence-corrected chi connectivity index (χ0v) is 13.5. The second-order valence-corrected chi connectivity index (χ2v) is 5.13. The summed E-state index contributed by atoms with van der Waals surface area (Å²) in [7, 11) is 1.58. The van der Waals surface area contributed by atoms with Crippen molar-refractivity contribution in [1.82, 2.24) is 0 Å². The molecule has 0 aliphatic rings. The molecule has 2 aromatic rings. The van der Waals surface area contributed by atoms with Gasteiger partial charge in [-0.2, -0.15) is 0 Å². The monoisotopic (exact) mass is 311 g/mol. The molecule has 0 radical (unpaired) electrons. The molecule has 1 N–H and O–H groups in total. The van der Waals surface area contributed by atoms with E-state index in [0.717, 1.165) is 23.2 Å². The molecule has 0 spiro atoms. The molecule has 0 aromatic heterocycles. The Balaban J connectivity index is 1.98. The highest BCUT2D eigenvalue weighted by Crippen LogP contribution is 2.28. The van der Waals surface area contributed by atoms with Gasteiger partial charge < -0.3 is 14.8 Å². The van der Waals surface area contributed by atoms with Crippen LogP contribution in [0.15, 0.2) is 55.1 Å². The second-order valence-electron chi connectivity index (χ2n) is 5.13. The van der Waals surface area contributed by atoms with Crippen LogP contribution in [0, 0.1) is 6.92 Å². The molecule has 120 valence electrons. The maximum absolute atomic E-state index is 12.0. The predicted molar refractivity (Wildman–Crippen MR) is 92.2 cm³/mol. The van der Waals surface area contributed by atoms with Crippen LogP contribution in [0.4, 0.5) is 5.69 Å². The molecule has 0 saturated heterocycles. The van der Waals surface area contributed by atoms with Gasteiger partial charge in [0.05, 0.1) is 7.11 Å². The van der Waals surface area contributed by atoms with Crippen molar-refractivity contribution in [2.75, 3.05) is 19.0 Å². The van der Waals surface area contributed by atoms with Gasteiger partial charge in [0.2, 0.25) is 0 Å². The van der Waals surface area contributed by atoms with Gasteiger partial charge in [-0.25, -0.2) is 0 Å². The van der Waals surface area contributed by atoms with Crippen LogP contribution in [0.2, 0.25) is 0 Å². The maximum Gasteiger partial charge on any atom is 0.262 e. The summed E-state index contributed by atoms with van der Waals surface area (Å²) in [5.41, 5.74) is 2.87. The molecule has 4 heteroatoms. The summed E-state index contributed by atoms with van der Waals surface area (Å²) in [6.45, 7) is 5.58. The number of hydrogen-bond acceptors (Lipinski definition) is 3. The largest absolute Gasteiger partial charge is 0.493 e. The summed E-state index contributed by atoms with van der Waals surface area (Å²) in [6, 6.07) is 13.2. The van der Waals surface area contributed by atoms with Gasteiger partial charge >= 0.3 is 0 Å². The van der Waals surface area contributed by atoms with Crippen LogP contribution < -0.4 is 14.8 Å². The quantitative estimate of drug-likeness (QED) is 0.792. The van der Waals surface area contributed by atoms with Gasteiger partial charge in [-0.1, -0.05) is 30.3 Å². The SMILES string of the molecule is C=CCc1ccc(OCC(=O)Nc2ccccc2C)c(OC)c1. The third kappa shape index (κ3) is 4.61. The number of carbonyl (C=O) groups is 1. The van der Waals surface area contributed by atoms with E-state index in [9.17, 15) is 4.79 Å². The molecular weight excluding hydrogens is 290 g/mol. The topological polar surface area (TPSA) is 47.6 Å². The molecule has 0 fully saturated rings. The lowest BCUT2D eigenvalue weighted by molar-refractivity contribution is -0.118. The van der Waals surface area contributed by atoms with Crippen LogP contribution in [0.25, 0.3) is 0 Å². The molecule has 0 aliphatic carbocycles. The molecule has 0 heterocycles. The zero-order valence-electron chi connectivity index (χ0n) is 13.5. The minimum Gasteiger partial charge on any atom is -0.493 e. The Morgan fingerprint density at radius 3 is 2.70 bits per heavy atom. The minimum absolute atomic E-state index is 0.0779. The van der Waals surface area contributed by atoms with E-state index >= 15 is 0 Å². The van der Waals surface area contributed by atoms with Gasteiger partial charge in [-0.05, 0) is 42.7 Å². The van der Waals surface area contributed by atoms with Gasteiger partial charge in [0.15, 0.2) is 18.1 Å². The van der Waals surface area contributed by atoms with Crippen LogP contribution in [0.3, 0.4) is 0 Å². The van der Waals surface area contributed by atoms with E-state index < -0.39 is 0 Å². The van der Waals surface area contributed by atoms with Crippen LogP contribution >= 0.6 is 0 Å². The number of para-hydroxylation sites is 1. The van der Waals surface area contributed by atoms with E-state index in [2.05, 4.69) is 11.9 Å². The lowest BCUT2D eigenvalue weighted by Crippen LogP contribution is -2.20. The molecule has 2 rings (SSSR count). The number of allylic oxidation sites excluding steroid dienone is 1. The summed E-state index contributed by atoms with van der Waals surface area (Å²) in [4.78, 5) is 12.0. The molecule has 23 heavy (non-hydrogen) atoms. The molecule has 1 amide bonds. The zero-order chi connectivity index (χ0) is 16.7. The molecule has 0 aliphatic heterocycles. The number of methoxy groups -OCH3 is 1. The highest BCUT2D eigenvalue weighted by atomic mass is 16.5. The smallest absolute Gasteiger partial charge is 0.262 e. The van der Waals surface area contributed by atoms with Crippen LogP contribution in [-0.2, 0) is 11.2 Å². The molecule has 0 saturated carbocycles. The van der Waals surface area contributed by atoms with Crippen LogP contribution in [0.5, 0.6) is 11.5 Å². The Bertz CT molecular complexity index is 695. The summed E-state index contributed by atoms with van der Waals surface area (Å²) < 4.78 is 10.9. The molecule has 0 atom stereocenters. The molecular formula is C19H21NO3. The standard InChI is InChI=1S/C19H21NO3/c1-4-7-15-10-11-17(18(12-15)22-3)23-13-19(21)20-16-9-6-5-8-14(16)2/h4-6,8-12H,1,7,13H2,2-3H3,(H,20,21). The molecule has 2 aromatic carbocycles. The van der Waals surface area contributed by atoms with E-state index in [-0.39, 0.29) is 12.5 Å². The van der Waals surface area contributed by atoms with Crippen LogP contribution in [0.1, 0.15) is 11.1 Å². The van der Waals surface area contributed by atoms with E-state index in [1.807, 2.05) is 49.4 Å². The first kappa shape index (κ1) is 16.6. The highest BCUT2D eigenvalue weighted by molar-refractivity contribution is 5.92. The fourth-order valence-electron chi connectivity index (χ4n) is 2.17. The number of nitrogens with one attached hydrogen (secondary N) is 1. The van der Waals surface area contributed by atoms with Crippen molar-refractivity contribution < 1.29 is 14.3 Å². The van der Waals surface area contributed by atoms with Crippen molar-refractivity contribution in [2.24, 2.45) is 0 Å². The lowest BCUT2D eigenvalue weighted by atomic mass is 10.1. The summed E-state index contributed by atoms with van der Waals surface area (Å²) in [5, 5.41) is 2.83. The fourth-order valence-corrected chi connectivity index (χ4v) is 2.17. The van der Waals surface area contributed by atoms with E-state index in [1.165, 1.54) is 0 Å². The second kappa shape index (κ2) is 8.03. The van der Waals surface area contributed by atoms with Crippen molar-refractivity contribution in [3.63, 3.8) is 0 Å². The van der Waals surface area contributed by atoms with Crippen molar-refractivity contribution in [2.45, 2.75) is 13.3 Å². The number of aryl methyl sites for hydroxylation is 1. The third-order valence-electron chi connectivity index (χ3n) is 3.39. The highest BCUT2D eigenvalue weighted by Gasteiger charge is 2.09. The predicted octanol–water partition coefficient (Wildman–Crippen LogP) is 3.75. The number of benzene rings is 2. The van der Waals surface area contributed by atoms with Crippen molar-refractivity contribution in [3.8, 4) is 11.5 Å². The number of ether oxygens (including phenoxy) is 2. The number of carbonyl (C=O) groups excluding carboxylic acids is 1. The van der Waals surface area contributed by atoms with Gasteiger partial charge in [-0.15, -0.1) is 6.58 Å². The Morgan fingerprint density at radius 1 is 1.22 bits per heavy atom. The minimum atomic E-state index is -0.212. The normalized spacial score (nSPS) is 10.0. The summed E-state index contributed by atoms with van der Waals surface area (Å²) >= 11 is 0. The van der Waals surface area contributed by atoms with Gasteiger partial charge in [0.25, 0.3) is 5.91 Å². The summed E-state index contributed by atoms with van der Waals surface area (Å²) in [6.07, 6.45) is 2.58. The molecule has 4 nitrogen and oxygen atoms in total. The molecule has 0 unspecified atom stereocenters. The van der Waals surface area contributed by atoms with E-state index in [1.54, 1.807) is 13.2 Å². The van der Waals surface area contributed by atoms with Gasteiger partial charge in [0, 0.05) is 5.69 Å². The van der Waals surface area contributed by atoms with Crippen molar-refractivity contribution >= 4 is 11.6 Å². The first-order valence-electron chi connectivity index (χ1n) is 7.40. The van der Waals surface area contributed by atoms with Crippen molar-refractivity contribution in [3.05, 3.63) is 66.2 Å². The Morgan fingerprint density at radius 2 is 2.00 bits per heavy atom. The molecule has 0 bridgehead atoms. The number of hydrogen-bond donors (Lipinski definition) is 1. The first-order valence-corrected chi connectivity index (χ1v) is 7.40. The lowest BCUT2D eigenvalue weighted by Gasteiger charge is -2.12. The first-order chi connectivity index (χ1) is 11.1. The third-order valence-corrected chi connectivity index (χ3v) is 3.39. The average molecular weight is 311 g/mol. The number of amides is 1. The fraction of sp³-hybridized carbons (Fsp3) is 0.211. The average Bonchev–Trinajstić information content (AvgIpc) is 2.56. The summed E-state index contributed by atoms with van der Waals surface area (Å²) in [5.74, 6) is 0.935. The number of anilines is 1. The van der Waals surface area contributed by atoms with Crippen LogP contribution in [-0.4, -0.2) is 19.6 Å². The number of rotatable bonds is 7.